The molecule has 2 aliphatic rings. The molecule has 1 N–H and O–H groups in total. The second-order valence-corrected chi connectivity index (χ2v) is 9.36. The van der Waals surface area contributed by atoms with Crippen molar-refractivity contribution >= 4 is 22.0 Å². The molecular formula is C22H24N2O4S. The van der Waals surface area contributed by atoms with Gasteiger partial charge in [0.1, 0.15) is 0 Å². The fraction of sp³-hybridized carbons (Fsp3) is 0.318. The number of sulfonamides is 1. The van der Waals surface area contributed by atoms with E-state index in [1.807, 2.05) is 43.3 Å². The van der Waals surface area contributed by atoms with Gasteiger partial charge in [-0.1, -0.05) is 54.6 Å². The van der Waals surface area contributed by atoms with Gasteiger partial charge in [-0.3, -0.25) is 4.79 Å². The molecule has 152 valence electrons. The summed E-state index contributed by atoms with van der Waals surface area (Å²) in [5.74, 6) is -0.362. The first-order chi connectivity index (χ1) is 14.0. The number of carbonyl (C=O) groups excluding carboxylic acids is 1. The van der Waals surface area contributed by atoms with Crippen LogP contribution in [-0.2, 0) is 14.8 Å². The second kappa shape index (κ2) is 7.74. The van der Waals surface area contributed by atoms with E-state index in [0.717, 1.165) is 11.1 Å². The van der Waals surface area contributed by atoms with Crippen LogP contribution < -0.4 is 0 Å². The molecule has 2 aliphatic heterocycles. The zero-order chi connectivity index (χ0) is 20.6. The summed E-state index contributed by atoms with van der Waals surface area (Å²) in [6.45, 7) is 1.84. The number of hydrogen-bond acceptors (Lipinski definition) is 4. The largest absolute Gasteiger partial charge is 0.394 e. The maximum absolute atomic E-state index is 13.0. The number of carbonyl (C=O) groups is 1. The van der Waals surface area contributed by atoms with Gasteiger partial charge in [0.15, 0.2) is 0 Å². The Hall–Kier alpha value is -2.48. The van der Waals surface area contributed by atoms with Crippen molar-refractivity contribution in [1.29, 1.82) is 0 Å². The molecule has 0 unspecified atom stereocenters. The normalized spacial score (nSPS) is 25.1. The van der Waals surface area contributed by atoms with Crippen LogP contribution in [0.25, 0.3) is 6.08 Å². The fourth-order valence-electron chi connectivity index (χ4n) is 4.42. The first-order valence-corrected chi connectivity index (χ1v) is 11.1. The quantitative estimate of drug-likeness (QED) is 0.816. The van der Waals surface area contributed by atoms with E-state index in [1.54, 1.807) is 35.2 Å². The molecule has 0 aromatic heterocycles. The number of nitrogens with zero attached hydrogens (tertiary/aromatic N) is 2. The van der Waals surface area contributed by atoms with Gasteiger partial charge >= 0.3 is 0 Å². The molecule has 2 saturated heterocycles. The molecule has 0 bridgehead atoms. The molecule has 29 heavy (non-hydrogen) atoms. The summed E-state index contributed by atoms with van der Waals surface area (Å²) in [6.07, 6.45) is 3.96. The molecule has 2 heterocycles. The van der Waals surface area contributed by atoms with Crippen molar-refractivity contribution in [3.8, 4) is 0 Å². The number of aliphatic hydroxyl groups excluding tert-OH is 1. The Morgan fingerprint density at radius 1 is 1.10 bits per heavy atom. The van der Waals surface area contributed by atoms with Gasteiger partial charge in [0.2, 0.25) is 15.9 Å². The van der Waals surface area contributed by atoms with Crippen LogP contribution >= 0.6 is 0 Å². The van der Waals surface area contributed by atoms with Crippen LogP contribution in [0.2, 0.25) is 0 Å². The van der Waals surface area contributed by atoms with Crippen LogP contribution in [-0.4, -0.2) is 60.4 Å². The highest BCUT2D eigenvalue weighted by molar-refractivity contribution is 7.89. The van der Waals surface area contributed by atoms with Crippen molar-refractivity contribution in [1.82, 2.24) is 9.21 Å². The summed E-state index contributed by atoms with van der Waals surface area (Å²) in [7, 11) is -3.75. The van der Waals surface area contributed by atoms with E-state index in [1.165, 1.54) is 4.31 Å². The van der Waals surface area contributed by atoms with Crippen LogP contribution in [0, 0.1) is 0 Å². The minimum absolute atomic E-state index is 0.0996. The van der Waals surface area contributed by atoms with E-state index in [9.17, 15) is 18.3 Å². The van der Waals surface area contributed by atoms with Gasteiger partial charge in [-0.15, -0.1) is 0 Å². The van der Waals surface area contributed by atoms with Gasteiger partial charge in [0.05, 0.1) is 30.1 Å². The number of rotatable bonds is 5. The maximum atomic E-state index is 13.0. The Bertz CT molecular complexity index is 1020. The Labute approximate surface area is 171 Å². The number of fused-ring (bicyclic) bond motifs is 1. The summed E-state index contributed by atoms with van der Waals surface area (Å²) in [4.78, 5) is 14.6. The predicted molar refractivity (Wildman–Crippen MR) is 111 cm³/mol. The van der Waals surface area contributed by atoms with E-state index >= 15 is 0 Å². The Balaban J connectivity index is 1.62. The van der Waals surface area contributed by atoms with Gasteiger partial charge in [-0.05, 0) is 30.2 Å². The van der Waals surface area contributed by atoms with Crippen LogP contribution in [0.5, 0.6) is 0 Å². The van der Waals surface area contributed by atoms with Gasteiger partial charge < -0.3 is 10.0 Å². The van der Waals surface area contributed by atoms with Crippen LogP contribution in [0.1, 0.15) is 24.0 Å². The molecule has 0 spiro atoms. The summed E-state index contributed by atoms with van der Waals surface area (Å²) in [5.41, 5.74) is 2.08. The lowest BCUT2D eigenvalue weighted by atomic mass is 9.74. The number of piperazine rings is 1. The molecule has 1 amide bonds. The minimum atomic E-state index is -3.75. The van der Waals surface area contributed by atoms with Crippen molar-refractivity contribution in [3.63, 3.8) is 0 Å². The Morgan fingerprint density at radius 3 is 2.41 bits per heavy atom. The number of amides is 1. The van der Waals surface area contributed by atoms with Crippen molar-refractivity contribution in [3.05, 3.63) is 71.8 Å². The van der Waals surface area contributed by atoms with Crippen LogP contribution in [0.15, 0.2) is 65.6 Å². The first-order valence-electron chi connectivity index (χ1n) is 9.67. The van der Waals surface area contributed by atoms with Crippen molar-refractivity contribution < 1.29 is 18.3 Å². The lowest BCUT2D eigenvalue weighted by Crippen LogP contribution is -2.73. The molecule has 0 aliphatic carbocycles. The van der Waals surface area contributed by atoms with Crippen molar-refractivity contribution in [2.45, 2.75) is 29.8 Å². The predicted octanol–water partition coefficient (Wildman–Crippen LogP) is 2.08. The molecule has 2 fully saturated rings. The lowest BCUT2D eigenvalue weighted by molar-refractivity contribution is -0.158. The molecule has 4 rings (SSSR count). The van der Waals surface area contributed by atoms with Crippen LogP contribution in [0.3, 0.4) is 0 Å². The van der Waals surface area contributed by atoms with Crippen molar-refractivity contribution in [2.75, 3.05) is 19.7 Å². The van der Waals surface area contributed by atoms with E-state index in [-0.39, 0.29) is 48.5 Å². The second-order valence-electron chi connectivity index (χ2n) is 7.42. The number of aliphatic hydroxyl groups is 1. The maximum Gasteiger partial charge on any atom is 0.243 e. The monoisotopic (exact) mass is 412 g/mol. The molecule has 7 heteroatoms. The number of allylic oxidation sites excluding steroid dienone is 1. The van der Waals surface area contributed by atoms with E-state index in [4.69, 9.17) is 0 Å². The van der Waals surface area contributed by atoms with Gasteiger partial charge in [0.25, 0.3) is 0 Å². The Morgan fingerprint density at radius 2 is 1.79 bits per heavy atom. The van der Waals surface area contributed by atoms with E-state index in [0.29, 0.717) is 0 Å². The average Bonchev–Trinajstić information content (AvgIpc) is 2.71. The lowest BCUT2D eigenvalue weighted by Gasteiger charge is -2.58. The molecule has 3 atom stereocenters. The molecular weight excluding hydrogens is 388 g/mol. The molecule has 2 aromatic carbocycles. The van der Waals surface area contributed by atoms with E-state index < -0.39 is 10.0 Å². The fourth-order valence-corrected chi connectivity index (χ4v) is 5.84. The van der Waals surface area contributed by atoms with E-state index in [2.05, 4.69) is 0 Å². The SMILES string of the molecule is C/C=C/c1ccc([C@H]2[C@@H](CO)N3C(=O)CN(S(=O)(=O)c4ccccc4)C[C@@H]23)cc1. The third-order valence-electron chi connectivity index (χ3n) is 5.78. The highest BCUT2D eigenvalue weighted by Gasteiger charge is 2.55. The number of benzene rings is 2. The summed E-state index contributed by atoms with van der Waals surface area (Å²) >= 11 is 0. The Kier molecular flexibility index (Phi) is 5.29. The standard InChI is InChI=1S/C22H24N2O4S/c1-2-6-16-9-11-17(12-10-16)22-19-13-23(14-21(26)24(19)20(22)15-25)29(27,28)18-7-4-3-5-8-18/h2-12,19-20,22,25H,13-15H2,1H3/b6-2+/t19-,20+,22+/m0/s1. The van der Waals surface area contributed by atoms with Gasteiger partial charge in [-0.2, -0.15) is 4.31 Å². The minimum Gasteiger partial charge on any atom is -0.394 e. The summed E-state index contributed by atoms with van der Waals surface area (Å²) in [5, 5.41) is 9.88. The average molecular weight is 413 g/mol. The smallest absolute Gasteiger partial charge is 0.243 e. The van der Waals surface area contributed by atoms with Crippen molar-refractivity contribution in [2.24, 2.45) is 0 Å². The van der Waals surface area contributed by atoms with Crippen LogP contribution in [0.4, 0.5) is 0 Å². The third-order valence-corrected chi connectivity index (χ3v) is 7.61. The first kappa shape index (κ1) is 19.8. The highest BCUT2D eigenvalue weighted by atomic mass is 32.2. The molecule has 0 radical (unpaired) electrons. The molecule has 6 nitrogen and oxygen atoms in total. The topological polar surface area (TPSA) is 77.9 Å². The molecule has 0 saturated carbocycles. The highest BCUT2D eigenvalue weighted by Crippen LogP contribution is 2.43. The molecule has 2 aromatic rings. The number of hydrogen-bond donors (Lipinski definition) is 1. The van der Waals surface area contributed by atoms with Gasteiger partial charge in [-0.25, -0.2) is 8.42 Å². The zero-order valence-corrected chi connectivity index (χ0v) is 17.0. The summed E-state index contributed by atoms with van der Waals surface area (Å²) < 4.78 is 27.3. The third kappa shape index (κ3) is 3.39. The van der Waals surface area contributed by atoms with Gasteiger partial charge in [0, 0.05) is 12.5 Å². The zero-order valence-electron chi connectivity index (χ0n) is 16.2. The summed E-state index contributed by atoms with van der Waals surface area (Å²) in [6, 6.07) is 15.6.